The van der Waals surface area contributed by atoms with E-state index < -0.39 is 24.2 Å². The summed E-state index contributed by atoms with van der Waals surface area (Å²) >= 11 is 0. The van der Waals surface area contributed by atoms with Gasteiger partial charge in [0.25, 0.3) is 0 Å². The summed E-state index contributed by atoms with van der Waals surface area (Å²) in [5.41, 5.74) is 0.517. The molecule has 0 aliphatic heterocycles. The largest absolute Gasteiger partial charge is 0.573 e. The Bertz CT molecular complexity index is 600. The lowest BCUT2D eigenvalue weighted by Gasteiger charge is -2.14. The van der Waals surface area contributed by atoms with Gasteiger partial charge in [-0.1, -0.05) is 30.3 Å². The van der Waals surface area contributed by atoms with Crippen molar-refractivity contribution in [2.45, 2.75) is 12.7 Å². The molecule has 0 amide bonds. The van der Waals surface area contributed by atoms with Gasteiger partial charge in [0.2, 0.25) is 0 Å². The Morgan fingerprint density at radius 2 is 1.05 bits per heavy atom. The number of rotatable bonds is 3. The number of alkyl halides is 6. The van der Waals surface area contributed by atoms with Gasteiger partial charge in [-0.3, -0.25) is 0 Å². The molecule has 0 heterocycles. The highest BCUT2D eigenvalue weighted by Gasteiger charge is 2.33. The lowest BCUT2D eigenvalue weighted by atomic mass is 10.1. The van der Waals surface area contributed by atoms with Crippen LogP contribution in [0.4, 0.5) is 26.3 Å². The van der Waals surface area contributed by atoms with E-state index in [1.807, 2.05) is 0 Å². The van der Waals surface area contributed by atoms with E-state index in [4.69, 9.17) is 0 Å². The van der Waals surface area contributed by atoms with Gasteiger partial charge in [-0.2, -0.15) is 0 Å². The van der Waals surface area contributed by atoms with Crippen LogP contribution in [-0.2, 0) is 0 Å². The van der Waals surface area contributed by atoms with Crippen LogP contribution >= 0.6 is 0 Å². The van der Waals surface area contributed by atoms with Gasteiger partial charge in [0.05, 0.1) is 0 Å². The third-order valence-electron chi connectivity index (χ3n) is 2.45. The van der Waals surface area contributed by atoms with Gasteiger partial charge >= 0.3 is 12.7 Å². The molecule has 2 nitrogen and oxygen atoms in total. The first-order chi connectivity index (χ1) is 10.1. The number of halogens is 6. The molecule has 2 aromatic rings. The van der Waals surface area contributed by atoms with Crippen LogP contribution in [0.3, 0.4) is 0 Å². The molecule has 8 heteroatoms. The minimum absolute atomic E-state index is 0.0987. The monoisotopic (exact) mass is 322 g/mol. The van der Waals surface area contributed by atoms with Crippen LogP contribution in [0.25, 0.3) is 11.1 Å². The standard InChI is InChI=1S/C14H8F6O2/c15-13(16,17)21-11-6-10(9-4-2-1-3-5-9)7-12(8-11)22-14(18,19)20/h1-8H. The third-order valence-corrected chi connectivity index (χ3v) is 2.45. The second kappa shape index (κ2) is 5.78. The van der Waals surface area contributed by atoms with Crippen molar-refractivity contribution in [3.8, 4) is 22.6 Å². The molecule has 2 rings (SSSR count). The molecule has 0 atom stereocenters. The van der Waals surface area contributed by atoms with Crippen LogP contribution < -0.4 is 9.47 Å². The summed E-state index contributed by atoms with van der Waals surface area (Å²) in [6.45, 7) is 0. The summed E-state index contributed by atoms with van der Waals surface area (Å²) in [4.78, 5) is 0. The summed E-state index contributed by atoms with van der Waals surface area (Å²) in [6, 6.07) is 10.4. The Morgan fingerprint density at radius 3 is 1.45 bits per heavy atom. The molecular formula is C14H8F6O2. The predicted molar refractivity (Wildman–Crippen MR) is 65.2 cm³/mol. The normalized spacial score (nSPS) is 12.1. The van der Waals surface area contributed by atoms with E-state index in [2.05, 4.69) is 9.47 Å². The Morgan fingerprint density at radius 1 is 0.591 bits per heavy atom. The van der Waals surface area contributed by atoms with E-state index in [0.29, 0.717) is 11.6 Å². The first kappa shape index (κ1) is 16.0. The number of hydrogen-bond acceptors (Lipinski definition) is 2. The molecule has 0 aliphatic rings. The number of benzene rings is 2. The van der Waals surface area contributed by atoms with Crippen molar-refractivity contribution in [3.05, 3.63) is 48.5 Å². The van der Waals surface area contributed by atoms with Crippen LogP contribution in [0.1, 0.15) is 0 Å². The van der Waals surface area contributed by atoms with Gasteiger partial charge in [-0.05, 0) is 23.3 Å². The van der Waals surface area contributed by atoms with Crippen molar-refractivity contribution in [3.63, 3.8) is 0 Å². The van der Waals surface area contributed by atoms with Crippen molar-refractivity contribution in [1.29, 1.82) is 0 Å². The molecule has 118 valence electrons. The van der Waals surface area contributed by atoms with E-state index >= 15 is 0 Å². The van der Waals surface area contributed by atoms with E-state index in [-0.39, 0.29) is 5.56 Å². The minimum Gasteiger partial charge on any atom is -0.406 e. The fourth-order valence-corrected chi connectivity index (χ4v) is 1.75. The molecule has 0 aromatic heterocycles. The molecule has 0 spiro atoms. The molecule has 22 heavy (non-hydrogen) atoms. The molecule has 0 N–H and O–H groups in total. The van der Waals surface area contributed by atoms with Crippen molar-refractivity contribution in [2.24, 2.45) is 0 Å². The molecular weight excluding hydrogens is 314 g/mol. The fourth-order valence-electron chi connectivity index (χ4n) is 1.75. The average Bonchev–Trinajstić information content (AvgIpc) is 2.35. The lowest BCUT2D eigenvalue weighted by molar-refractivity contribution is -0.276. The topological polar surface area (TPSA) is 18.5 Å². The van der Waals surface area contributed by atoms with Crippen LogP contribution in [0.2, 0.25) is 0 Å². The van der Waals surface area contributed by atoms with Crippen LogP contribution in [0.5, 0.6) is 11.5 Å². The van der Waals surface area contributed by atoms with Crippen LogP contribution in [-0.4, -0.2) is 12.7 Å². The van der Waals surface area contributed by atoms with Crippen LogP contribution in [0.15, 0.2) is 48.5 Å². The van der Waals surface area contributed by atoms with Crippen molar-refractivity contribution < 1.29 is 35.8 Å². The molecule has 0 saturated heterocycles. The van der Waals surface area contributed by atoms with Crippen LogP contribution in [0, 0.1) is 0 Å². The molecule has 0 saturated carbocycles. The van der Waals surface area contributed by atoms with Gasteiger partial charge in [0.1, 0.15) is 11.5 Å². The Kier molecular flexibility index (Phi) is 4.20. The summed E-state index contributed by atoms with van der Waals surface area (Å²) in [7, 11) is 0. The van der Waals surface area contributed by atoms with Gasteiger partial charge in [0.15, 0.2) is 0 Å². The maximum atomic E-state index is 12.3. The molecule has 0 radical (unpaired) electrons. The Hall–Kier alpha value is -2.38. The number of ether oxygens (including phenoxy) is 2. The Balaban J connectivity index is 2.44. The van der Waals surface area contributed by atoms with Crippen molar-refractivity contribution in [2.75, 3.05) is 0 Å². The first-order valence-electron chi connectivity index (χ1n) is 5.84. The average molecular weight is 322 g/mol. The van der Waals surface area contributed by atoms with Gasteiger partial charge < -0.3 is 9.47 Å². The van der Waals surface area contributed by atoms with Gasteiger partial charge in [-0.25, -0.2) is 0 Å². The minimum atomic E-state index is -5.02. The Labute approximate surface area is 120 Å². The quantitative estimate of drug-likeness (QED) is 0.728. The van der Waals surface area contributed by atoms with E-state index in [1.54, 1.807) is 18.2 Å². The highest BCUT2D eigenvalue weighted by molar-refractivity contribution is 5.67. The van der Waals surface area contributed by atoms with Crippen molar-refractivity contribution in [1.82, 2.24) is 0 Å². The second-order valence-corrected chi connectivity index (χ2v) is 4.15. The highest BCUT2D eigenvalue weighted by Crippen LogP contribution is 2.34. The fraction of sp³-hybridized carbons (Fsp3) is 0.143. The summed E-state index contributed by atoms with van der Waals surface area (Å²) in [5, 5.41) is 0. The smallest absolute Gasteiger partial charge is 0.406 e. The molecule has 0 bridgehead atoms. The zero-order valence-electron chi connectivity index (χ0n) is 10.7. The molecule has 2 aromatic carbocycles. The zero-order chi connectivity index (χ0) is 16.4. The first-order valence-corrected chi connectivity index (χ1v) is 5.84. The molecule has 0 fully saturated rings. The van der Waals surface area contributed by atoms with Gasteiger partial charge in [0, 0.05) is 6.07 Å². The summed E-state index contributed by atoms with van der Waals surface area (Å²) in [5.74, 6) is -1.60. The lowest BCUT2D eigenvalue weighted by Crippen LogP contribution is -2.19. The van der Waals surface area contributed by atoms with Gasteiger partial charge in [-0.15, -0.1) is 26.3 Å². The summed E-state index contributed by atoms with van der Waals surface area (Å²) in [6.07, 6.45) is -10.0. The maximum Gasteiger partial charge on any atom is 0.573 e. The van der Waals surface area contributed by atoms with Crippen molar-refractivity contribution >= 4 is 0 Å². The van der Waals surface area contributed by atoms with E-state index in [0.717, 1.165) is 12.1 Å². The SMILES string of the molecule is FC(F)(F)Oc1cc(OC(F)(F)F)cc(-c2ccccc2)c1. The summed E-state index contributed by atoms with van der Waals surface area (Å²) < 4.78 is 80.9. The van der Waals surface area contributed by atoms with E-state index in [9.17, 15) is 26.3 Å². The molecule has 0 aliphatic carbocycles. The maximum absolute atomic E-state index is 12.3. The second-order valence-electron chi connectivity index (χ2n) is 4.15. The molecule has 0 unspecified atom stereocenters. The highest BCUT2D eigenvalue weighted by atomic mass is 19.4. The number of hydrogen-bond donors (Lipinski definition) is 0. The third kappa shape index (κ3) is 4.87. The predicted octanol–water partition coefficient (Wildman–Crippen LogP) is 5.15. The van der Waals surface area contributed by atoms with E-state index in [1.165, 1.54) is 12.1 Å². The zero-order valence-corrected chi connectivity index (χ0v) is 10.7.